The number of hydrogen-bond acceptors (Lipinski definition) is 6. The zero-order chi connectivity index (χ0) is 14.3. The van der Waals surface area contributed by atoms with Gasteiger partial charge in [0.25, 0.3) is 5.69 Å². The number of aromatic nitrogens is 1. The first kappa shape index (κ1) is 15.6. The average Bonchev–Trinajstić information content (AvgIpc) is 2.38. The molecule has 7 nitrogen and oxygen atoms in total. The molecule has 1 heterocycles. The Bertz CT molecular complexity index is 422. The third kappa shape index (κ3) is 4.98. The number of rotatable bonds is 8. The Kier molecular flexibility index (Phi) is 6.48. The van der Waals surface area contributed by atoms with E-state index < -0.39 is 4.92 Å². The minimum Gasteiger partial charge on any atom is -0.383 e. The van der Waals surface area contributed by atoms with E-state index in [0.717, 1.165) is 0 Å². The molecule has 1 aromatic rings. The van der Waals surface area contributed by atoms with Crippen molar-refractivity contribution < 1.29 is 14.4 Å². The Morgan fingerprint density at radius 2 is 1.89 bits per heavy atom. The molecule has 0 aliphatic carbocycles. The molecule has 0 saturated carbocycles. The van der Waals surface area contributed by atoms with Crippen LogP contribution in [-0.4, -0.2) is 50.4 Å². The summed E-state index contributed by atoms with van der Waals surface area (Å²) < 4.78 is 10.0. The fraction of sp³-hybridized carbons (Fsp3) is 0.545. The second-order valence-electron chi connectivity index (χ2n) is 3.74. The molecule has 0 saturated heterocycles. The highest BCUT2D eigenvalue weighted by Crippen LogP contribution is 2.23. The van der Waals surface area contributed by atoms with Gasteiger partial charge in [-0.25, -0.2) is 4.98 Å². The van der Waals surface area contributed by atoms with E-state index in [1.165, 1.54) is 12.1 Å². The molecule has 1 rings (SSSR count). The predicted molar refractivity (Wildman–Crippen MR) is 71.9 cm³/mol. The van der Waals surface area contributed by atoms with Gasteiger partial charge in [-0.1, -0.05) is 11.6 Å². The Morgan fingerprint density at radius 1 is 1.32 bits per heavy atom. The summed E-state index contributed by atoms with van der Waals surface area (Å²) in [4.78, 5) is 16.2. The SMILES string of the molecule is COCCN(CCOC)c1cc([N+](=O)[O-])cc(Cl)n1. The van der Waals surface area contributed by atoms with Crippen LogP contribution in [0.3, 0.4) is 0 Å². The number of methoxy groups -OCH3 is 2. The van der Waals surface area contributed by atoms with Gasteiger partial charge in [0, 0.05) is 27.3 Å². The van der Waals surface area contributed by atoms with Crippen LogP contribution in [0.2, 0.25) is 5.15 Å². The van der Waals surface area contributed by atoms with Gasteiger partial charge in [-0.15, -0.1) is 0 Å². The Hall–Kier alpha value is -1.44. The molecule has 0 N–H and O–H groups in total. The smallest absolute Gasteiger partial charge is 0.276 e. The first-order valence-electron chi connectivity index (χ1n) is 5.63. The molecule has 0 fully saturated rings. The van der Waals surface area contributed by atoms with Crippen LogP contribution in [-0.2, 0) is 9.47 Å². The topological polar surface area (TPSA) is 77.7 Å². The van der Waals surface area contributed by atoms with Crippen molar-refractivity contribution in [3.8, 4) is 0 Å². The molecule has 0 amide bonds. The summed E-state index contributed by atoms with van der Waals surface area (Å²) in [5, 5.41) is 10.9. The maximum atomic E-state index is 10.8. The van der Waals surface area contributed by atoms with Crippen LogP contribution in [0.15, 0.2) is 12.1 Å². The largest absolute Gasteiger partial charge is 0.383 e. The highest BCUT2D eigenvalue weighted by molar-refractivity contribution is 6.29. The van der Waals surface area contributed by atoms with E-state index >= 15 is 0 Å². The molecule has 0 radical (unpaired) electrons. The van der Waals surface area contributed by atoms with Crippen molar-refractivity contribution in [3.05, 3.63) is 27.4 Å². The fourth-order valence-corrected chi connectivity index (χ4v) is 1.68. The first-order chi connectivity index (χ1) is 9.08. The minimum atomic E-state index is -0.498. The lowest BCUT2D eigenvalue weighted by molar-refractivity contribution is -0.384. The third-order valence-corrected chi connectivity index (χ3v) is 2.62. The molecule has 0 unspecified atom stereocenters. The lowest BCUT2D eigenvalue weighted by Gasteiger charge is -2.22. The van der Waals surface area contributed by atoms with E-state index in [2.05, 4.69) is 4.98 Å². The molecule has 0 aliphatic heterocycles. The highest BCUT2D eigenvalue weighted by Gasteiger charge is 2.15. The van der Waals surface area contributed by atoms with E-state index in [1.54, 1.807) is 14.2 Å². The van der Waals surface area contributed by atoms with Gasteiger partial charge >= 0.3 is 0 Å². The van der Waals surface area contributed by atoms with Gasteiger partial charge in [-0.3, -0.25) is 10.1 Å². The van der Waals surface area contributed by atoms with Crippen molar-refractivity contribution in [3.63, 3.8) is 0 Å². The van der Waals surface area contributed by atoms with Gasteiger partial charge < -0.3 is 14.4 Å². The van der Waals surface area contributed by atoms with Crippen LogP contribution in [0.1, 0.15) is 0 Å². The number of halogens is 1. The average molecular weight is 290 g/mol. The maximum absolute atomic E-state index is 10.8. The summed E-state index contributed by atoms with van der Waals surface area (Å²) in [6, 6.07) is 2.60. The zero-order valence-electron chi connectivity index (χ0n) is 10.8. The van der Waals surface area contributed by atoms with Gasteiger partial charge in [0.05, 0.1) is 30.3 Å². The molecule has 106 valence electrons. The van der Waals surface area contributed by atoms with Gasteiger partial charge in [0.1, 0.15) is 11.0 Å². The molecule has 0 aromatic carbocycles. The van der Waals surface area contributed by atoms with Crippen LogP contribution in [0.4, 0.5) is 11.5 Å². The number of hydrogen-bond donors (Lipinski definition) is 0. The molecule has 0 spiro atoms. The molecule has 1 aromatic heterocycles. The molecular formula is C11H16ClN3O4. The number of pyridine rings is 1. The van der Waals surface area contributed by atoms with Crippen molar-refractivity contribution in [2.75, 3.05) is 45.4 Å². The third-order valence-electron chi connectivity index (χ3n) is 2.43. The van der Waals surface area contributed by atoms with Crippen LogP contribution < -0.4 is 4.90 Å². The molecule has 0 bridgehead atoms. The monoisotopic (exact) mass is 289 g/mol. The van der Waals surface area contributed by atoms with Crippen molar-refractivity contribution in [1.82, 2.24) is 4.98 Å². The minimum absolute atomic E-state index is 0.0871. The van der Waals surface area contributed by atoms with Gasteiger partial charge in [-0.2, -0.15) is 0 Å². The van der Waals surface area contributed by atoms with Gasteiger partial charge in [-0.05, 0) is 0 Å². The Morgan fingerprint density at radius 3 is 2.37 bits per heavy atom. The quantitative estimate of drug-likeness (QED) is 0.412. The molecule has 0 atom stereocenters. The standard InChI is InChI=1S/C11H16ClN3O4/c1-18-5-3-14(4-6-19-2)11-8-9(15(16)17)7-10(12)13-11/h7-8H,3-6H2,1-2H3. The molecule has 8 heteroatoms. The highest BCUT2D eigenvalue weighted by atomic mass is 35.5. The summed E-state index contributed by atoms with van der Waals surface area (Å²) in [6.07, 6.45) is 0. The van der Waals surface area contributed by atoms with E-state index in [-0.39, 0.29) is 10.8 Å². The van der Waals surface area contributed by atoms with E-state index in [4.69, 9.17) is 21.1 Å². The van der Waals surface area contributed by atoms with Gasteiger partial charge in [0.2, 0.25) is 0 Å². The van der Waals surface area contributed by atoms with Crippen molar-refractivity contribution in [2.45, 2.75) is 0 Å². The number of ether oxygens (including phenoxy) is 2. The zero-order valence-corrected chi connectivity index (χ0v) is 11.6. The summed E-state index contributed by atoms with van der Waals surface area (Å²) in [5.41, 5.74) is -0.0881. The fourth-order valence-electron chi connectivity index (χ4n) is 1.48. The number of anilines is 1. The summed E-state index contributed by atoms with van der Waals surface area (Å²) in [5.74, 6) is 0.438. The second-order valence-corrected chi connectivity index (χ2v) is 4.12. The maximum Gasteiger partial charge on any atom is 0.276 e. The number of nitrogens with zero attached hydrogens (tertiary/aromatic N) is 3. The second kappa shape index (κ2) is 7.88. The number of nitro groups is 1. The van der Waals surface area contributed by atoms with Crippen LogP contribution in [0, 0.1) is 10.1 Å². The molecule has 0 aliphatic rings. The lowest BCUT2D eigenvalue weighted by atomic mass is 10.3. The Balaban J connectivity index is 2.95. The molecular weight excluding hydrogens is 274 g/mol. The predicted octanol–water partition coefficient (Wildman–Crippen LogP) is 1.74. The van der Waals surface area contributed by atoms with E-state index in [9.17, 15) is 10.1 Å². The van der Waals surface area contributed by atoms with Crippen molar-refractivity contribution in [2.24, 2.45) is 0 Å². The molecule has 19 heavy (non-hydrogen) atoms. The van der Waals surface area contributed by atoms with E-state index in [1.807, 2.05) is 4.90 Å². The Labute approximate surface area is 116 Å². The summed E-state index contributed by atoms with van der Waals surface area (Å²) in [6.45, 7) is 2.05. The van der Waals surface area contributed by atoms with E-state index in [0.29, 0.717) is 32.1 Å². The normalized spacial score (nSPS) is 10.5. The van der Waals surface area contributed by atoms with Crippen molar-refractivity contribution >= 4 is 23.1 Å². The van der Waals surface area contributed by atoms with Gasteiger partial charge in [0.15, 0.2) is 0 Å². The lowest BCUT2D eigenvalue weighted by Crippen LogP contribution is -2.31. The summed E-state index contributed by atoms with van der Waals surface area (Å²) in [7, 11) is 3.17. The first-order valence-corrected chi connectivity index (χ1v) is 6.01. The van der Waals surface area contributed by atoms with Crippen LogP contribution in [0.5, 0.6) is 0 Å². The van der Waals surface area contributed by atoms with Crippen LogP contribution >= 0.6 is 11.6 Å². The van der Waals surface area contributed by atoms with Crippen LogP contribution in [0.25, 0.3) is 0 Å². The van der Waals surface area contributed by atoms with Crippen molar-refractivity contribution in [1.29, 1.82) is 0 Å². The summed E-state index contributed by atoms with van der Waals surface area (Å²) >= 11 is 5.80.